The maximum Gasteiger partial charge on any atom is 0.137 e. The number of furan rings is 1. The molecule has 0 N–H and O–H groups in total. The molecule has 0 radical (unpaired) electrons. The largest absolute Gasteiger partial charge is 0.468 e. The first-order chi connectivity index (χ1) is 10.7. The van der Waals surface area contributed by atoms with Crippen LogP contribution in [0, 0.1) is 11.3 Å². The van der Waals surface area contributed by atoms with E-state index in [1.165, 1.54) is 0 Å². The van der Waals surface area contributed by atoms with Crippen molar-refractivity contribution in [3.05, 3.63) is 59.4 Å². The average Bonchev–Trinajstić information content (AvgIpc) is 3.13. The van der Waals surface area contributed by atoms with Gasteiger partial charge in [-0.1, -0.05) is 11.6 Å². The van der Waals surface area contributed by atoms with E-state index in [0.29, 0.717) is 31.1 Å². The van der Waals surface area contributed by atoms with E-state index in [9.17, 15) is 0 Å². The smallest absolute Gasteiger partial charge is 0.137 e. The van der Waals surface area contributed by atoms with Gasteiger partial charge < -0.3 is 8.82 Å². The van der Waals surface area contributed by atoms with E-state index in [0.717, 1.165) is 17.1 Å². The molecule has 0 unspecified atom stereocenters. The second kappa shape index (κ2) is 6.65. The van der Waals surface area contributed by atoms with Crippen LogP contribution in [0.15, 0.2) is 47.3 Å². The third-order valence-corrected chi connectivity index (χ3v) is 3.57. The van der Waals surface area contributed by atoms with E-state index in [1.54, 1.807) is 6.26 Å². The summed E-state index contributed by atoms with van der Waals surface area (Å²) < 4.78 is 7.30. The topological polar surface area (TPSA) is 57.5 Å². The lowest BCUT2D eigenvalue weighted by atomic mass is 10.3. The molecule has 0 fully saturated rings. The van der Waals surface area contributed by atoms with E-state index in [4.69, 9.17) is 21.3 Å². The van der Waals surface area contributed by atoms with Crippen LogP contribution in [0.3, 0.4) is 0 Å². The van der Waals surface area contributed by atoms with Gasteiger partial charge in [0.05, 0.1) is 29.6 Å². The average molecular weight is 315 g/mol. The van der Waals surface area contributed by atoms with Crippen LogP contribution in [0.25, 0.3) is 5.65 Å². The molecule has 0 atom stereocenters. The van der Waals surface area contributed by atoms with Crippen molar-refractivity contribution < 1.29 is 4.42 Å². The van der Waals surface area contributed by atoms with Crippen LogP contribution in [-0.4, -0.2) is 20.8 Å². The van der Waals surface area contributed by atoms with Gasteiger partial charge in [0.25, 0.3) is 0 Å². The van der Waals surface area contributed by atoms with Gasteiger partial charge in [0.1, 0.15) is 11.4 Å². The quantitative estimate of drug-likeness (QED) is 0.698. The van der Waals surface area contributed by atoms with Gasteiger partial charge in [-0.3, -0.25) is 4.90 Å². The Kier molecular flexibility index (Phi) is 4.42. The molecule has 0 aromatic carbocycles. The fourth-order valence-corrected chi connectivity index (χ4v) is 2.54. The van der Waals surface area contributed by atoms with Gasteiger partial charge in [-0.15, -0.1) is 0 Å². The van der Waals surface area contributed by atoms with Gasteiger partial charge in [0.15, 0.2) is 0 Å². The molecule has 0 bridgehead atoms. The monoisotopic (exact) mass is 314 g/mol. The molecule has 112 valence electrons. The summed E-state index contributed by atoms with van der Waals surface area (Å²) in [5.41, 5.74) is 1.80. The minimum Gasteiger partial charge on any atom is -0.468 e. The number of hydrogen-bond acceptors (Lipinski definition) is 4. The Balaban J connectivity index is 1.77. The molecule has 5 nitrogen and oxygen atoms in total. The van der Waals surface area contributed by atoms with Crippen molar-refractivity contribution in [1.82, 2.24) is 14.3 Å². The number of aromatic nitrogens is 2. The van der Waals surface area contributed by atoms with Crippen LogP contribution in [0.4, 0.5) is 0 Å². The van der Waals surface area contributed by atoms with E-state index in [1.807, 2.05) is 41.1 Å². The summed E-state index contributed by atoms with van der Waals surface area (Å²) in [6.45, 7) is 1.98. The third kappa shape index (κ3) is 3.48. The van der Waals surface area contributed by atoms with Gasteiger partial charge >= 0.3 is 0 Å². The molecule has 3 heterocycles. The van der Waals surface area contributed by atoms with E-state index >= 15 is 0 Å². The molecule has 0 saturated carbocycles. The van der Waals surface area contributed by atoms with Crippen molar-refractivity contribution in [2.75, 3.05) is 6.54 Å². The second-order valence-corrected chi connectivity index (χ2v) is 5.48. The van der Waals surface area contributed by atoms with E-state index in [2.05, 4.69) is 16.0 Å². The summed E-state index contributed by atoms with van der Waals surface area (Å²) in [5, 5.41) is 9.49. The van der Waals surface area contributed by atoms with Gasteiger partial charge in [-0.05, 0) is 24.3 Å². The highest BCUT2D eigenvalue weighted by Crippen LogP contribution is 2.14. The third-order valence-electron chi connectivity index (χ3n) is 3.35. The van der Waals surface area contributed by atoms with Crippen LogP contribution in [-0.2, 0) is 13.1 Å². The van der Waals surface area contributed by atoms with Crippen molar-refractivity contribution in [2.24, 2.45) is 0 Å². The zero-order valence-electron chi connectivity index (χ0n) is 11.9. The maximum atomic E-state index is 8.82. The number of rotatable bonds is 6. The Morgan fingerprint density at radius 3 is 2.95 bits per heavy atom. The van der Waals surface area contributed by atoms with Gasteiger partial charge in [-0.2, -0.15) is 5.26 Å². The fourth-order valence-electron chi connectivity index (χ4n) is 2.37. The van der Waals surface area contributed by atoms with Crippen molar-refractivity contribution >= 4 is 17.2 Å². The van der Waals surface area contributed by atoms with E-state index in [-0.39, 0.29) is 0 Å². The van der Waals surface area contributed by atoms with Crippen molar-refractivity contribution in [3.8, 4) is 6.07 Å². The molecule has 3 rings (SSSR count). The lowest BCUT2D eigenvalue weighted by Gasteiger charge is -2.18. The van der Waals surface area contributed by atoms with Crippen molar-refractivity contribution in [2.45, 2.75) is 19.5 Å². The van der Waals surface area contributed by atoms with Crippen molar-refractivity contribution in [3.63, 3.8) is 0 Å². The zero-order chi connectivity index (χ0) is 15.4. The molecule has 0 saturated heterocycles. The molecule has 3 aromatic rings. The molecular weight excluding hydrogens is 300 g/mol. The summed E-state index contributed by atoms with van der Waals surface area (Å²) in [6.07, 6.45) is 5.92. The van der Waals surface area contributed by atoms with Crippen LogP contribution in [0.5, 0.6) is 0 Å². The standard InChI is InChI=1S/C16H15ClN4O/c17-13-4-5-16-19-14(11-21(16)9-13)10-20(7-2-6-18)12-15-3-1-8-22-15/h1,3-5,8-9,11H,2,7,10,12H2. The molecular formula is C16H15ClN4O. The van der Waals surface area contributed by atoms with Crippen LogP contribution in [0.1, 0.15) is 17.9 Å². The van der Waals surface area contributed by atoms with Crippen molar-refractivity contribution in [1.29, 1.82) is 5.26 Å². The first-order valence-electron chi connectivity index (χ1n) is 6.99. The molecule has 3 aromatic heterocycles. The second-order valence-electron chi connectivity index (χ2n) is 5.04. The minimum atomic E-state index is 0.472. The number of hydrogen-bond donors (Lipinski definition) is 0. The predicted octanol–water partition coefficient (Wildman–Crippen LogP) is 3.50. The van der Waals surface area contributed by atoms with Gasteiger partial charge in [0, 0.05) is 31.9 Å². The highest BCUT2D eigenvalue weighted by atomic mass is 35.5. The molecule has 0 aliphatic heterocycles. The molecule has 0 spiro atoms. The lowest BCUT2D eigenvalue weighted by molar-refractivity contribution is 0.238. The Hall–Kier alpha value is -2.29. The first-order valence-corrected chi connectivity index (χ1v) is 7.37. The Morgan fingerprint density at radius 1 is 1.27 bits per heavy atom. The summed E-state index contributed by atoms with van der Waals surface area (Å²) >= 11 is 5.99. The molecule has 0 aliphatic carbocycles. The summed E-state index contributed by atoms with van der Waals surface area (Å²) in [4.78, 5) is 6.72. The number of nitrogens with zero attached hydrogens (tertiary/aromatic N) is 4. The van der Waals surface area contributed by atoms with Crippen LogP contribution in [0.2, 0.25) is 5.02 Å². The summed E-state index contributed by atoms with van der Waals surface area (Å²) in [5.74, 6) is 0.879. The van der Waals surface area contributed by atoms with Crippen LogP contribution < -0.4 is 0 Å². The fraction of sp³-hybridized carbons (Fsp3) is 0.250. The normalized spacial score (nSPS) is 11.1. The van der Waals surface area contributed by atoms with E-state index < -0.39 is 0 Å². The number of fused-ring (bicyclic) bond motifs is 1. The molecule has 22 heavy (non-hydrogen) atoms. The maximum absolute atomic E-state index is 8.82. The Bertz CT molecular complexity index is 788. The van der Waals surface area contributed by atoms with Crippen LogP contribution >= 0.6 is 11.6 Å². The van der Waals surface area contributed by atoms with Gasteiger partial charge in [-0.25, -0.2) is 4.98 Å². The first kappa shape index (κ1) is 14.6. The Morgan fingerprint density at radius 2 is 2.18 bits per heavy atom. The highest BCUT2D eigenvalue weighted by Gasteiger charge is 2.11. The minimum absolute atomic E-state index is 0.472. The number of pyridine rings is 1. The highest BCUT2D eigenvalue weighted by molar-refractivity contribution is 6.30. The number of nitriles is 1. The zero-order valence-corrected chi connectivity index (χ0v) is 12.7. The molecule has 6 heteroatoms. The molecule has 0 aliphatic rings. The van der Waals surface area contributed by atoms with Gasteiger partial charge in [0.2, 0.25) is 0 Å². The molecule has 0 amide bonds. The Labute approximate surface area is 133 Å². The summed E-state index contributed by atoms with van der Waals surface area (Å²) in [7, 11) is 0. The summed E-state index contributed by atoms with van der Waals surface area (Å²) in [6, 6.07) is 9.69. The lowest BCUT2D eigenvalue weighted by Crippen LogP contribution is -2.23. The predicted molar refractivity (Wildman–Crippen MR) is 83.3 cm³/mol. The number of imidazole rings is 1. The SMILES string of the molecule is N#CCCN(Cc1cn2cc(Cl)ccc2n1)Cc1ccco1. The number of halogens is 1.